The van der Waals surface area contributed by atoms with Crippen molar-refractivity contribution in [2.24, 2.45) is 22.2 Å². The number of likely N-dealkylation sites (tertiary alicyclic amines) is 1. The fourth-order valence-electron chi connectivity index (χ4n) is 4.84. The number of rotatable bonds is 23. The molecule has 296 valence electrons. The third-order valence-corrected chi connectivity index (χ3v) is 7.30. The van der Waals surface area contributed by atoms with Crippen molar-refractivity contribution in [2.45, 2.75) is 68.7 Å². The van der Waals surface area contributed by atoms with Gasteiger partial charge in [0.05, 0.1) is 32.5 Å². The van der Waals surface area contributed by atoms with Crippen LogP contribution in [0.2, 0.25) is 0 Å². The van der Waals surface area contributed by atoms with Crippen LogP contribution in [0.3, 0.4) is 0 Å². The largest absolute Gasteiger partial charge is 0.481 e. The first kappa shape index (κ1) is 44.9. The van der Waals surface area contributed by atoms with Crippen LogP contribution in [0.5, 0.6) is 0 Å². The van der Waals surface area contributed by atoms with E-state index >= 15 is 0 Å². The molecule has 25 heteroatoms. The molecule has 0 unspecified atom stereocenters. The quantitative estimate of drug-likeness (QED) is 0.0261. The molecule has 25 nitrogen and oxygen atoms in total. The first-order chi connectivity index (χ1) is 24.9. The summed E-state index contributed by atoms with van der Waals surface area (Å²) in [4.78, 5) is 127. The Morgan fingerprint density at radius 3 is 1.83 bits per heavy atom. The second-order valence-electron chi connectivity index (χ2n) is 11.4. The Morgan fingerprint density at radius 1 is 0.717 bits per heavy atom. The molecule has 53 heavy (non-hydrogen) atoms. The number of carboxylic acid groups (broad SMARTS) is 3. The van der Waals surface area contributed by atoms with Gasteiger partial charge in [-0.15, -0.1) is 0 Å². The Kier molecular flexibility index (Phi) is 19.2. The number of nitrogens with zero attached hydrogens (tertiary/aromatic N) is 2. The Morgan fingerprint density at radius 2 is 1.28 bits per heavy atom. The van der Waals surface area contributed by atoms with Crippen LogP contribution in [0, 0.1) is 0 Å². The van der Waals surface area contributed by atoms with Gasteiger partial charge in [-0.2, -0.15) is 0 Å². The molecule has 1 rings (SSSR count). The molecule has 0 aliphatic carbocycles. The van der Waals surface area contributed by atoms with E-state index in [1.165, 1.54) is 0 Å². The lowest BCUT2D eigenvalue weighted by molar-refractivity contribution is -0.145. The summed E-state index contributed by atoms with van der Waals surface area (Å²) in [5.41, 5.74) is 15.8. The minimum absolute atomic E-state index is 0.0106. The van der Waals surface area contributed by atoms with E-state index in [0.717, 1.165) is 4.90 Å². The zero-order valence-corrected chi connectivity index (χ0v) is 28.4. The number of carboxylic acids is 3. The number of aliphatic hydroxyl groups excluding tert-OH is 1. The van der Waals surface area contributed by atoms with Crippen LogP contribution in [0.1, 0.15) is 38.5 Å². The predicted octanol–water partition coefficient (Wildman–Crippen LogP) is -7.81. The maximum atomic E-state index is 13.4. The molecule has 0 saturated carbocycles. The average Bonchev–Trinajstić information content (AvgIpc) is 3.58. The Hall–Kier alpha value is -6.11. The maximum Gasteiger partial charge on any atom is 0.322 e. The van der Waals surface area contributed by atoms with Gasteiger partial charge < -0.3 is 74.4 Å². The first-order valence-corrected chi connectivity index (χ1v) is 16.0. The van der Waals surface area contributed by atoms with Crippen molar-refractivity contribution in [3.05, 3.63) is 0 Å². The van der Waals surface area contributed by atoms with E-state index in [9.17, 15) is 58.2 Å². The summed E-state index contributed by atoms with van der Waals surface area (Å²) in [6, 6.07) is -7.83. The standard InChI is InChI=1S/C28H45N11O14/c29-9-18(41)35-13(3-1-5-32-28(30)31)23(49)33-10-19(42)36-15(8-21(45)46)25(51)38-16(12-40)27(53)39-6-2-4-17(39)26(52)37-14(7-20(43)44)24(50)34-11-22(47)48/h13-17,40H,1-12,29H2,(H,33,49)(H,34,50)(H,35,41)(H,36,42)(H,37,52)(H,38,51)(H,43,44)(H,45,46)(H,47,48)(H4,30,31,32)/t13-,14-,15-,16-,17-/m0/s1. The van der Waals surface area contributed by atoms with E-state index in [0.29, 0.717) is 0 Å². The zero-order valence-electron chi connectivity index (χ0n) is 28.4. The van der Waals surface area contributed by atoms with E-state index in [4.69, 9.17) is 27.4 Å². The summed E-state index contributed by atoms with van der Waals surface area (Å²) in [5, 5.41) is 50.1. The van der Waals surface area contributed by atoms with Crippen LogP contribution in [0.25, 0.3) is 0 Å². The molecule has 1 aliphatic rings. The molecular weight excluding hydrogens is 714 g/mol. The molecule has 5 atom stereocenters. The van der Waals surface area contributed by atoms with Gasteiger partial charge in [0.2, 0.25) is 41.4 Å². The monoisotopic (exact) mass is 759 g/mol. The number of aliphatic carboxylic acids is 3. The van der Waals surface area contributed by atoms with Gasteiger partial charge in [-0.25, -0.2) is 0 Å². The summed E-state index contributed by atoms with van der Waals surface area (Å²) in [5.74, 6) is -11.7. The molecule has 0 radical (unpaired) electrons. The SMILES string of the molecule is NCC(=O)N[C@@H](CCCN=C(N)N)C(=O)NCC(=O)N[C@@H](CC(=O)O)C(=O)N[C@@H](CO)C(=O)N1CCC[C@H]1C(=O)N[C@@H](CC(=O)O)C(=O)NCC(=O)O. The summed E-state index contributed by atoms with van der Waals surface area (Å²) >= 11 is 0. The van der Waals surface area contributed by atoms with E-state index in [2.05, 4.69) is 31.6 Å². The van der Waals surface area contributed by atoms with Crippen LogP contribution in [-0.4, -0.2) is 160 Å². The summed E-state index contributed by atoms with van der Waals surface area (Å²) in [7, 11) is 0. The number of nitrogens with two attached hydrogens (primary N) is 3. The van der Waals surface area contributed by atoms with Crippen LogP contribution in [0.15, 0.2) is 4.99 Å². The van der Waals surface area contributed by atoms with E-state index < -0.39 is 129 Å². The van der Waals surface area contributed by atoms with Gasteiger partial charge in [0.25, 0.3) is 0 Å². The van der Waals surface area contributed by atoms with Gasteiger partial charge >= 0.3 is 17.9 Å². The van der Waals surface area contributed by atoms with Crippen molar-refractivity contribution in [3.8, 4) is 0 Å². The molecule has 1 saturated heterocycles. The number of carbonyl (C=O) groups excluding carboxylic acids is 7. The Balaban J connectivity index is 2.98. The molecular formula is C28H45N11O14. The van der Waals surface area contributed by atoms with Gasteiger partial charge in [0.1, 0.15) is 36.8 Å². The van der Waals surface area contributed by atoms with Crippen LogP contribution >= 0.6 is 0 Å². The van der Waals surface area contributed by atoms with Crippen molar-refractivity contribution in [3.63, 3.8) is 0 Å². The van der Waals surface area contributed by atoms with E-state index in [1.54, 1.807) is 0 Å². The van der Waals surface area contributed by atoms with Crippen LogP contribution in [0.4, 0.5) is 0 Å². The fraction of sp³-hybridized carbons (Fsp3) is 0.607. The highest BCUT2D eigenvalue weighted by Crippen LogP contribution is 2.19. The van der Waals surface area contributed by atoms with Crippen LogP contribution in [-0.2, 0) is 47.9 Å². The highest BCUT2D eigenvalue weighted by molar-refractivity contribution is 5.98. The van der Waals surface area contributed by atoms with E-state index in [1.807, 2.05) is 5.32 Å². The number of hydrogen-bond acceptors (Lipinski definition) is 13. The number of amides is 7. The number of guanidine groups is 1. The normalized spacial score (nSPS) is 15.7. The topological polar surface area (TPSA) is 417 Å². The van der Waals surface area contributed by atoms with Crippen molar-refractivity contribution in [1.82, 2.24) is 36.8 Å². The molecule has 16 N–H and O–H groups in total. The molecule has 0 aromatic rings. The smallest absolute Gasteiger partial charge is 0.322 e. The van der Waals surface area contributed by atoms with Crippen molar-refractivity contribution < 1.29 is 68.4 Å². The van der Waals surface area contributed by atoms with Crippen LogP contribution < -0.4 is 49.1 Å². The second kappa shape index (κ2) is 22.7. The van der Waals surface area contributed by atoms with Gasteiger partial charge in [-0.1, -0.05) is 0 Å². The third-order valence-electron chi connectivity index (χ3n) is 7.30. The number of hydrogen-bond donors (Lipinski definition) is 13. The molecule has 7 amide bonds. The summed E-state index contributed by atoms with van der Waals surface area (Å²) in [6.07, 6.45) is -1.45. The molecule has 0 aromatic carbocycles. The molecule has 1 heterocycles. The summed E-state index contributed by atoms with van der Waals surface area (Å²) < 4.78 is 0. The van der Waals surface area contributed by atoms with E-state index in [-0.39, 0.29) is 44.7 Å². The third kappa shape index (κ3) is 16.6. The van der Waals surface area contributed by atoms with Gasteiger partial charge in [0, 0.05) is 13.1 Å². The second-order valence-corrected chi connectivity index (χ2v) is 11.4. The minimum atomic E-state index is -1.84. The number of nitrogens with one attached hydrogen (secondary N) is 6. The van der Waals surface area contributed by atoms with Crippen molar-refractivity contribution >= 4 is 65.2 Å². The van der Waals surface area contributed by atoms with Gasteiger partial charge in [0.15, 0.2) is 5.96 Å². The highest BCUT2D eigenvalue weighted by Gasteiger charge is 2.40. The molecule has 1 fully saturated rings. The number of carbonyl (C=O) groups is 10. The molecule has 1 aliphatic heterocycles. The Labute approximate surface area is 300 Å². The minimum Gasteiger partial charge on any atom is -0.481 e. The van der Waals surface area contributed by atoms with Crippen molar-refractivity contribution in [2.75, 3.05) is 39.3 Å². The average molecular weight is 760 g/mol. The first-order valence-electron chi connectivity index (χ1n) is 16.0. The summed E-state index contributed by atoms with van der Waals surface area (Å²) in [6.45, 7) is -3.15. The molecule has 0 bridgehead atoms. The lowest BCUT2D eigenvalue weighted by atomic mass is 10.1. The fourth-order valence-corrected chi connectivity index (χ4v) is 4.84. The lowest BCUT2D eigenvalue weighted by Crippen LogP contribution is -2.59. The molecule has 0 aromatic heterocycles. The number of aliphatic hydroxyl groups is 1. The Bertz CT molecular complexity index is 1420. The van der Waals surface area contributed by atoms with Gasteiger partial charge in [-0.3, -0.25) is 52.9 Å². The molecule has 0 spiro atoms. The zero-order chi connectivity index (χ0) is 40.2. The predicted molar refractivity (Wildman–Crippen MR) is 177 cm³/mol. The van der Waals surface area contributed by atoms with Gasteiger partial charge in [-0.05, 0) is 25.7 Å². The van der Waals surface area contributed by atoms with Crippen molar-refractivity contribution in [1.29, 1.82) is 0 Å². The lowest BCUT2D eigenvalue weighted by Gasteiger charge is -2.29. The highest BCUT2D eigenvalue weighted by atomic mass is 16.4. The maximum absolute atomic E-state index is 13.4. The number of aliphatic imine (C=N–C) groups is 1.